The third-order valence-electron chi connectivity index (χ3n) is 4.55. The number of aromatic nitrogens is 5. The summed E-state index contributed by atoms with van der Waals surface area (Å²) < 4.78 is 5.94. The van der Waals surface area contributed by atoms with E-state index in [1.54, 1.807) is 0 Å². The van der Waals surface area contributed by atoms with E-state index in [4.69, 9.17) is 5.73 Å². The van der Waals surface area contributed by atoms with Gasteiger partial charge in [0.1, 0.15) is 0 Å². The van der Waals surface area contributed by atoms with Gasteiger partial charge in [0.25, 0.3) is 11.6 Å². The maximum Gasteiger partial charge on any atom is 0.293 e. The van der Waals surface area contributed by atoms with E-state index in [2.05, 4.69) is 35.8 Å². The minimum atomic E-state index is -0.612. The minimum absolute atomic E-state index is 0.00497. The summed E-state index contributed by atoms with van der Waals surface area (Å²) in [7, 11) is 0. The van der Waals surface area contributed by atoms with Crippen LogP contribution < -0.4 is 11.2 Å². The number of hydrazone groups is 1. The van der Waals surface area contributed by atoms with E-state index >= 15 is 0 Å². The Labute approximate surface area is 196 Å². The molecule has 0 saturated carbocycles. The largest absolute Gasteiger partial charge is 0.378 e. The highest BCUT2D eigenvalue weighted by molar-refractivity contribution is 7.98. The van der Waals surface area contributed by atoms with Crippen molar-refractivity contribution in [2.75, 3.05) is 5.73 Å². The van der Waals surface area contributed by atoms with Gasteiger partial charge in [-0.15, -0.1) is 16.9 Å². The fourth-order valence-electron chi connectivity index (χ4n) is 2.80. The zero-order valence-electron chi connectivity index (χ0n) is 17.7. The number of nitro benzene ring substituents is 1. The Balaban J connectivity index is 1.54. The topological polar surface area (TPSA) is 180 Å². The summed E-state index contributed by atoms with van der Waals surface area (Å²) >= 11 is 1.47. The molecular formula is C20H17N9O4S. The molecule has 2 heterocycles. The van der Waals surface area contributed by atoms with Crippen molar-refractivity contribution in [1.82, 2.24) is 30.7 Å². The van der Waals surface area contributed by atoms with Gasteiger partial charge in [-0.05, 0) is 47.1 Å². The smallest absolute Gasteiger partial charge is 0.293 e. The molecule has 0 spiro atoms. The van der Waals surface area contributed by atoms with Crippen LogP contribution in [-0.2, 0) is 5.75 Å². The van der Waals surface area contributed by atoms with Crippen LogP contribution in [0.5, 0.6) is 0 Å². The highest BCUT2D eigenvalue weighted by atomic mass is 32.2. The van der Waals surface area contributed by atoms with Crippen LogP contribution in [-0.4, -0.2) is 42.4 Å². The molecule has 14 heteroatoms. The first-order valence-corrected chi connectivity index (χ1v) is 10.7. The number of carbonyl (C=O) groups excluding carboxylic acids is 1. The number of rotatable bonds is 8. The van der Waals surface area contributed by atoms with Crippen LogP contribution in [0, 0.1) is 17.0 Å². The lowest BCUT2D eigenvalue weighted by atomic mass is 10.2. The molecule has 172 valence electrons. The van der Waals surface area contributed by atoms with Crippen LogP contribution in [0.25, 0.3) is 5.82 Å². The van der Waals surface area contributed by atoms with E-state index < -0.39 is 10.8 Å². The van der Waals surface area contributed by atoms with Gasteiger partial charge in [0.05, 0.1) is 16.8 Å². The van der Waals surface area contributed by atoms with Crippen molar-refractivity contribution >= 4 is 35.4 Å². The number of nitro groups is 1. The molecule has 0 aliphatic heterocycles. The van der Waals surface area contributed by atoms with Gasteiger partial charge in [-0.2, -0.15) is 9.78 Å². The molecule has 0 saturated heterocycles. The van der Waals surface area contributed by atoms with Crippen molar-refractivity contribution in [3.05, 3.63) is 81.2 Å². The minimum Gasteiger partial charge on any atom is -0.378 e. The second-order valence-corrected chi connectivity index (χ2v) is 7.97. The van der Waals surface area contributed by atoms with Gasteiger partial charge in [0.2, 0.25) is 11.6 Å². The van der Waals surface area contributed by atoms with Crippen molar-refractivity contribution in [2.24, 2.45) is 5.10 Å². The van der Waals surface area contributed by atoms with Crippen LogP contribution in [0.15, 0.2) is 63.2 Å². The van der Waals surface area contributed by atoms with Crippen molar-refractivity contribution in [1.29, 1.82) is 0 Å². The molecule has 0 atom stereocenters. The molecule has 0 bridgehead atoms. The van der Waals surface area contributed by atoms with E-state index in [1.165, 1.54) is 46.9 Å². The quantitative estimate of drug-likeness (QED) is 0.165. The fourth-order valence-corrected chi connectivity index (χ4v) is 3.69. The summed E-state index contributed by atoms with van der Waals surface area (Å²) in [6, 6.07) is 13.6. The number of nitrogens with two attached hydrogens (primary N) is 1. The lowest BCUT2D eigenvalue weighted by Crippen LogP contribution is -2.20. The highest BCUT2D eigenvalue weighted by Crippen LogP contribution is 2.26. The predicted octanol–water partition coefficient (Wildman–Crippen LogP) is 2.51. The first kappa shape index (κ1) is 22.6. The molecule has 0 radical (unpaired) electrons. The predicted molar refractivity (Wildman–Crippen MR) is 123 cm³/mol. The Bertz CT molecular complexity index is 1350. The zero-order chi connectivity index (χ0) is 24.1. The summed E-state index contributed by atoms with van der Waals surface area (Å²) in [4.78, 5) is 24.0. The van der Waals surface area contributed by atoms with Crippen LogP contribution in [0.4, 0.5) is 11.5 Å². The van der Waals surface area contributed by atoms with Gasteiger partial charge in [-0.3, -0.25) is 14.9 Å². The van der Waals surface area contributed by atoms with Crippen molar-refractivity contribution in [2.45, 2.75) is 17.6 Å². The normalized spacial score (nSPS) is 11.1. The fraction of sp³-hybridized carbons (Fsp3) is 0.100. The van der Waals surface area contributed by atoms with E-state index in [-0.39, 0.29) is 23.0 Å². The van der Waals surface area contributed by atoms with Gasteiger partial charge in [0.15, 0.2) is 5.69 Å². The molecule has 4 aromatic rings. The number of nitrogens with one attached hydrogen (secondary N) is 1. The average Bonchev–Trinajstić information content (AvgIpc) is 3.44. The number of hydrogen-bond donors (Lipinski definition) is 2. The van der Waals surface area contributed by atoms with Crippen LogP contribution in [0.3, 0.4) is 0 Å². The Morgan fingerprint density at radius 3 is 2.62 bits per heavy atom. The highest BCUT2D eigenvalue weighted by Gasteiger charge is 2.24. The Kier molecular flexibility index (Phi) is 6.59. The number of nitrogen functional groups attached to an aromatic ring is 1. The third-order valence-corrected chi connectivity index (χ3v) is 5.58. The SMILES string of the molecule is Cc1ccc(SCc2c(C(=O)N/N=C/c3ccc([N+](=O)[O-])cc3)nnn2-c2nonc2N)cc1. The molecule has 2 aromatic carbocycles. The van der Waals surface area contributed by atoms with Crippen LogP contribution in [0.2, 0.25) is 0 Å². The number of benzene rings is 2. The lowest BCUT2D eigenvalue weighted by molar-refractivity contribution is -0.384. The summed E-state index contributed by atoms with van der Waals surface area (Å²) in [6.07, 6.45) is 1.35. The number of aryl methyl sites for hydroxylation is 1. The van der Waals surface area contributed by atoms with E-state index in [0.717, 1.165) is 10.5 Å². The lowest BCUT2D eigenvalue weighted by Gasteiger charge is -2.06. The Morgan fingerprint density at radius 1 is 1.24 bits per heavy atom. The summed E-state index contributed by atoms with van der Waals surface area (Å²) in [5.74, 6) is -0.189. The Hall–Kier alpha value is -4.59. The monoisotopic (exact) mass is 479 g/mol. The second-order valence-electron chi connectivity index (χ2n) is 6.92. The number of non-ortho nitro benzene ring substituents is 1. The first-order chi connectivity index (χ1) is 16.4. The van der Waals surface area contributed by atoms with Crippen LogP contribution in [0.1, 0.15) is 27.3 Å². The number of hydrogen-bond acceptors (Lipinski definition) is 11. The molecule has 0 aliphatic carbocycles. The molecule has 13 nitrogen and oxygen atoms in total. The standard InChI is InChI=1S/C20H17N9O4S/c1-12-2-8-15(9-3-12)34-11-16-17(23-27-28(16)19-18(21)25-33-26-19)20(30)24-22-10-13-4-6-14(7-5-13)29(31)32/h2-10H,11H2,1H3,(H2,21,25)(H,24,30)/b22-10+. The number of thioether (sulfide) groups is 1. The maximum atomic E-state index is 12.8. The molecular weight excluding hydrogens is 462 g/mol. The number of nitrogens with zero attached hydrogens (tertiary/aromatic N) is 7. The maximum absolute atomic E-state index is 12.8. The van der Waals surface area contributed by atoms with Gasteiger partial charge in [0, 0.05) is 22.8 Å². The molecule has 0 unspecified atom stereocenters. The summed E-state index contributed by atoms with van der Waals surface area (Å²) in [5, 5.41) is 29.9. The van der Waals surface area contributed by atoms with Gasteiger partial charge in [-0.25, -0.2) is 10.1 Å². The second kappa shape index (κ2) is 9.91. The summed E-state index contributed by atoms with van der Waals surface area (Å²) in [5.41, 5.74) is 10.3. The molecule has 2 aromatic heterocycles. The van der Waals surface area contributed by atoms with Crippen molar-refractivity contribution in [3.63, 3.8) is 0 Å². The van der Waals surface area contributed by atoms with Gasteiger partial charge < -0.3 is 5.73 Å². The van der Waals surface area contributed by atoms with E-state index in [1.807, 2.05) is 31.2 Å². The molecule has 1 amide bonds. The third kappa shape index (κ3) is 5.07. The summed E-state index contributed by atoms with van der Waals surface area (Å²) in [6.45, 7) is 1.99. The number of carbonyl (C=O) groups is 1. The molecule has 3 N–H and O–H groups in total. The Morgan fingerprint density at radius 2 is 1.97 bits per heavy atom. The van der Waals surface area contributed by atoms with Crippen LogP contribution >= 0.6 is 11.8 Å². The molecule has 0 aliphatic rings. The zero-order valence-corrected chi connectivity index (χ0v) is 18.5. The van der Waals surface area contributed by atoms with Crippen molar-refractivity contribution < 1.29 is 14.3 Å². The molecule has 0 fully saturated rings. The van der Waals surface area contributed by atoms with E-state index in [9.17, 15) is 14.9 Å². The average molecular weight is 479 g/mol. The van der Waals surface area contributed by atoms with Gasteiger partial charge in [-0.1, -0.05) is 22.9 Å². The van der Waals surface area contributed by atoms with E-state index in [0.29, 0.717) is 17.0 Å². The number of amides is 1. The van der Waals surface area contributed by atoms with Gasteiger partial charge >= 0.3 is 0 Å². The first-order valence-electron chi connectivity index (χ1n) is 9.72. The molecule has 4 rings (SSSR count). The molecule has 34 heavy (non-hydrogen) atoms. The van der Waals surface area contributed by atoms with Crippen molar-refractivity contribution in [3.8, 4) is 5.82 Å². The number of anilines is 1.